The van der Waals surface area contributed by atoms with Crippen molar-refractivity contribution in [2.24, 2.45) is 0 Å². The zero-order chi connectivity index (χ0) is 12.3. The normalized spacial score (nSPS) is 13.6. The van der Waals surface area contributed by atoms with Gasteiger partial charge in [0.2, 0.25) is 0 Å². The molecule has 0 aliphatic heterocycles. The Labute approximate surface area is 97.7 Å². The Bertz CT molecular complexity index is 548. The molecule has 0 aromatic carbocycles. The third-order valence-corrected chi connectivity index (χ3v) is 2.37. The van der Waals surface area contributed by atoms with Crippen LogP contribution in [0, 0.1) is 10.1 Å². The summed E-state index contributed by atoms with van der Waals surface area (Å²) in [6.45, 7) is 6.94. The predicted octanol–water partition coefficient (Wildman–Crippen LogP) is 1.50. The largest absolute Gasteiger partial charge is 0.279 e. The Morgan fingerprint density at radius 2 is 2.31 bits per heavy atom. The van der Waals surface area contributed by atoms with E-state index in [0.717, 1.165) is 0 Å². The number of hydrogen-bond acceptors (Lipinski definition) is 3. The van der Waals surface area contributed by atoms with Crippen molar-refractivity contribution in [2.45, 2.75) is 13.8 Å². The molecule has 0 fully saturated rings. The molecule has 0 saturated carbocycles. The van der Waals surface area contributed by atoms with Gasteiger partial charge in [0.1, 0.15) is 5.15 Å². The number of nitro groups is 1. The van der Waals surface area contributed by atoms with Gasteiger partial charge in [-0.05, 0) is 19.9 Å². The van der Waals surface area contributed by atoms with E-state index in [1.54, 1.807) is 26.0 Å². The smallest absolute Gasteiger partial charge is 0.258 e. The van der Waals surface area contributed by atoms with Crippen LogP contribution in [-0.4, -0.2) is 9.91 Å². The fourth-order valence-electron chi connectivity index (χ4n) is 1.41. The van der Waals surface area contributed by atoms with Crippen LogP contribution in [0.5, 0.6) is 0 Å². The Morgan fingerprint density at radius 1 is 1.69 bits per heavy atom. The van der Waals surface area contributed by atoms with Crippen molar-refractivity contribution in [1.82, 2.24) is 4.98 Å². The lowest BCUT2D eigenvalue weighted by Gasteiger charge is -1.98. The summed E-state index contributed by atoms with van der Waals surface area (Å²) in [5.74, 6) is 0. The number of rotatable bonds is 2. The fourth-order valence-corrected chi connectivity index (χ4v) is 1.68. The first-order valence-corrected chi connectivity index (χ1v) is 4.98. The number of pyridine rings is 1. The highest BCUT2D eigenvalue weighted by molar-refractivity contribution is 6.29. The van der Waals surface area contributed by atoms with E-state index in [0.29, 0.717) is 16.0 Å². The third-order valence-electron chi connectivity index (χ3n) is 2.07. The quantitative estimate of drug-likeness (QED) is 0.446. The molecule has 1 rings (SSSR count). The van der Waals surface area contributed by atoms with E-state index in [4.69, 9.17) is 11.6 Å². The first kappa shape index (κ1) is 12.4. The third kappa shape index (κ3) is 2.28. The van der Waals surface area contributed by atoms with Gasteiger partial charge in [-0.2, -0.15) is 0 Å². The average molecular weight is 239 g/mol. The summed E-state index contributed by atoms with van der Waals surface area (Å²) in [5, 5.41) is 12.2. The van der Waals surface area contributed by atoms with Crippen molar-refractivity contribution in [3.63, 3.8) is 0 Å². The van der Waals surface area contributed by atoms with Crippen LogP contribution in [0.3, 0.4) is 0 Å². The molecule has 0 aliphatic rings. The van der Waals surface area contributed by atoms with E-state index in [-0.39, 0.29) is 10.9 Å². The molecule has 4 nitrogen and oxygen atoms in total. The molecule has 0 saturated heterocycles. The van der Waals surface area contributed by atoms with Crippen LogP contribution in [0.2, 0.25) is 5.15 Å². The van der Waals surface area contributed by atoms with E-state index in [1.165, 1.54) is 6.20 Å². The van der Waals surface area contributed by atoms with Crippen molar-refractivity contribution in [3.8, 4) is 0 Å². The van der Waals surface area contributed by atoms with Crippen LogP contribution in [0.1, 0.15) is 13.8 Å². The van der Waals surface area contributed by atoms with E-state index >= 15 is 0 Å². The lowest BCUT2D eigenvalue weighted by atomic mass is 10.1. The van der Waals surface area contributed by atoms with E-state index < -0.39 is 4.92 Å². The highest BCUT2D eigenvalue weighted by atomic mass is 35.5. The second-order valence-corrected chi connectivity index (χ2v) is 3.60. The van der Waals surface area contributed by atoms with Gasteiger partial charge in [-0.25, -0.2) is 4.98 Å². The second-order valence-electron chi connectivity index (χ2n) is 3.24. The van der Waals surface area contributed by atoms with Crippen molar-refractivity contribution < 1.29 is 4.92 Å². The molecular formula is C11H11ClN2O2. The van der Waals surface area contributed by atoms with Crippen LogP contribution >= 0.6 is 11.6 Å². The van der Waals surface area contributed by atoms with Crippen LogP contribution in [0.15, 0.2) is 24.4 Å². The molecule has 0 aliphatic carbocycles. The molecule has 16 heavy (non-hydrogen) atoms. The number of nitrogens with zero attached hydrogens (tertiary/aromatic N) is 2. The predicted molar refractivity (Wildman–Crippen MR) is 63.9 cm³/mol. The lowest BCUT2D eigenvalue weighted by molar-refractivity contribution is -0.376. The molecule has 0 radical (unpaired) electrons. The highest BCUT2D eigenvalue weighted by Crippen LogP contribution is 2.05. The molecule has 5 heteroatoms. The molecule has 0 amide bonds. The summed E-state index contributed by atoms with van der Waals surface area (Å²) in [6.07, 6.45) is 3.13. The Balaban J connectivity index is 3.90. The first-order valence-electron chi connectivity index (χ1n) is 4.60. The maximum absolute atomic E-state index is 11.0. The molecule has 84 valence electrons. The van der Waals surface area contributed by atoms with Crippen LogP contribution in [0.25, 0.3) is 11.8 Å². The molecule has 1 aromatic heterocycles. The number of halogens is 1. The standard InChI is InChI=1S/C11H11ClN2O2/c1-4-8-9(5-6-13-11(8)12)10(7(2)3)14(15)16/h4-6H,2H2,1,3H3/b8-4?,10-9+. The monoisotopic (exact) mass is 238 g/mol. The van der Waals surface area contributed by atoms with Gasteiger partial charge in [0, 0.05) is 17.0 Å². The van der Waals surface area contributed by atoms with E-state index in [1.807, 2.05) is 0 Å². The minimum atomic E-state index is -0.457. The minimum absolute atomic E-state index is 0.0302. The molecule has 0 atom stereocenters. The Hall–Kier alpha value is -1.68. The average Bonchev–Trinajstić information content (AvgIpc) is 2.16. The molecule has 1 aromatic rings. The van der Waals surface area contributed by atoms with Crippen LogP contribution in [0.4, 0.5) is 0 Å². The second kappa shape index (κ2) is 4.90. The molecule has 0 N–H and O–H groups in total. The zero-order valence-electron chi connectivity index (χ0n) is 9.03. The zero-order valence-corrected chi connectivity index (χ0v) is 9.78. The highest BCUT2D eigenvalue weighted by Gasteiger charge is 2.14. The van der Waals surface area contributed by atoms with Gasteiger partial charge in [-0.3, -0.25) is 10.1 Å². The molecule has 0 unspecified atom stereocenters. The SMILES string of the molecule is C=C(C)/C(=c1/ccnc(Cl)c1=CC)[N+](=O)[O-]. The van der Waals surface area contributed by atoms with Gasteiger partial charge in [0.05, 0.1) is 10.1 Å². The molecular weight excluding hydrogens is 228 g/mol. The first-order chi connectivity index (χ1) is 7.49. The summed E-state index contributed by atoms with van der Waals surface area (Å²) in [7, 11) is 0. The van der Waals surface area contributed by atoms with Gasteiger partial charge in [0.25, 0.3) is 5.70 Å². The topological polar surface area (TPSA) is 56.0 Å². The summed E-state index contributed by atoms with van der Waals surface area (Å²) >= 11 is 5.88. The van der Waals surface area contributed by atoms with Gasteiger partial charge < -0.3 is 0 Å². The summed E-state index contributed by atoms with van der Waals surface area (Å²) < 4.78 is 0. The van der Waals surface area contributed by atoms with Gasteiger partial charge in [-0.1, -0.05) is 24.3 Å². The summed E-state index contributed by atoms with van der Waals surface area (Å²) in [6, 6.07) is 1.56. The lowest BCUT2D eigenvalue weighted by Crippen LogP contribution is -2.31. The minimum Gasteiger partial charge on any atom is -0.258 e. The molecule has 0 spiro atoms. The molecule has 0 bridgehead atoms. The fraction of sp³-hybridized carbons (Fsp3) is 0.182. The van der Waals surface area contributed by atoms with Crippen LogP contribution in [-0.2, 0) is 0 Å². The number of aromatic nitrogens is 1. The van der Waals surface area contributed by atoms with Crippen molar-refractivity contribution in [1.29, 1.82) is 0 Å². The number of hydrogen-bond donors (Lipinski definition) is 0. The summed E-state index contributed by atoms with van der Waals surface area (Å²) in [5.41, 5.74) is 0.354. The van der Waals surface area contributed by atoms with E-state index in [9.17, 15) is 10.1 Å². The van der Waals surface area contributed by atoms with Crippen molar-refractivity contribution in [3.05, 3.63) is 50.1 Å². The Morgan fingerprint density at radius 3 is 2.75 bits per heavy atom. The Kier molecular flexibility index (Phi) is 3.79. The molecule has 1 heterocycles. The van der Waals surface area contributed by atoms with Crippen molar-refractivity contribution >= 4 is 23.4 Å². The van der Waals surface area contributed by atoms with E-state index in [2.05, 4.69) is 11.6 Å². The van der Waals surface area contributed by atoms with Gasteiger partial charge in [-0.15, -0.1) is 0 Å². The maximum atomic E-state index is 11.0. The maximum Gasteiger partial charge on any atom is 0.279 e. The van der Waals surface area contributed by atoms with Gasteiger partial charge in [0.15, 0.2) is 0 Å². The summed E-state index contributed by atoms with van der Waals surface area (Å²) in [4.78, 5) is 14.4. The van der Waals surface area contributed by atoms with Crippen LogP contribution < -0.4 is 10.4 Å². The van der Waals surface area contributed by atoms with Crippen molar-refractivity contribution in [2.75, 3.05) is 0 Å². The van der Waals surface area contributed by atoms with Gasteiger partial charge >= 0.3 is 0 Å².